The number of rotatable bonds is 5. The van der Waals surface area contributed by atoms with Gasteiger partial charge in [-0.05, 0) is 42.3 Å². The van der Waals surface area contributed by atoms with Crippen molar-refractivity contribution in [3.63, 3.8) is 0 Å². The van der Waals surface area contributed by atoms with Gasteiger partial charge in [-0.1, -0.05) is 6.07 Å². The lowest BCUT2D eigenvalue weighted by Crippen LogP contribution is -2.02. The molecule has 0 aliphatic carbocycles. The molecule has 3 nitrogen and oxygen atoms in total. The maximum atomic E-state index is 13.0. The number of aryl methyl sites for hydroxylation is 1. The van der Waals surface area contributed by atoms with Gasteiger partial charge >= 0.3 is 0 Å². The van der Waals surface area contributed by atoms with Gasteiger partial charge in [0.25, 0.3) is 0 Å². The summed E-state index contributed by atoms with van der Waals surface area (Å²) in [6.45, 7) is 2.52. The lowest BCUT2D eigenvalue weighted by Gasteiger charge is -2.12. The molecule has 2 aromatic carbocycles. The fraction of sp³-hybridized carbons (Fsp3) is 0.250. The van der Waals surface area contributed by atoms with E-state index in [-0.39, 0.29) is 5.82 Å². The second kappa shape index (κ2) is 6.28. The number of methoxy groups -OCH3 is 2. The second-order valence-corrected chi connectivity index (χ2v) is 4.49. The summed E-state index contributed by atoms with van der Waals surface area (Å²) >= 11 is 0. The number of hydrogen-bond acceptors (Lipinski definition) is 3. The predicted molar refractivity (Wildman–Crippen MR) is 78.0 cm³/mol. The molecule has 4 heteroatoms. The standard InChI is InChI=1S/C16H18FNO2/c1-11-8-13(17)5-4-12(11)10-18-14-6-7-15(19-2)16(9-14)20-3/h4-9,18H,10H2,1-3H3. The Labute approximate surface area is 118 Å². The van der Waals surface area contributed by atoms with Crippen LogP contribution in [0.2, 0.25) is 0 Å². The Balaban J connectivity index is 2.10. The van der Waals surface area contributed by atoms with Crippen LogP contribution in [0.15, 0.2) is 36.4 Å². The van der Waals surface area contributed by atoms with Crippen LogP contribution >= 0.6 is 0 Å². The van der Waals surface area contributed by atoms with Crippen molar-refractivity contribution in [2.45, 2.75) is 13.5 Å². The Morgan fingerprint density at radius 3 is 2.40 bits per heavy atom. The molecule has 0 heterocycles. The quantitative estimate of drug-likeness (QED) is 0.901. The fourth-order valence-electron chi connectivity index (χ4n) is 2.00. The Kier molecular flexibility index (Phi) is 4.45. The third-order valence-electron chi connectivity index (χ3n) is 3.17. The third kappa shape index (κ3) is 3.20. The fourth-order valence-corrected chi connectivity index (χ4v) is 2.00. The summed E-state index contributed by atoms with van der Waals surface area (Å²) in [5, 5.41) is 3.29. The molecule has 0 fully saturated rings. The Morgan fingerprint density at radius 2 is 1.75 bits per heavy atom. The summed E-state index contributed by atoms with van der Waals surface area (Å²) in [4.78, 5) is 0. The summed E-state index contributed by atoms with van der Waals surface area (Å²) in [5.41, 5.74) is 2.91. The Bertz CT molecular complexity index is 599. The molecule has 0 spiro atoms. The highest BCUT2D eigenvalue weighted by molar-refractivity contribution is 5.55. The summed E-state index contributed by atoms with van der Waals surface area (Å²) in [7, 11) is 3.21. The van der Waals surface area contributed by atoms with Crippen LogP contribution in [0.25, 0.3) is 0 Å². The summed E-state index contributed by atoms with van der Waals surface area (Å²) in [6, 6.07) is 10.4. The van der Waals surface area contributed by atoms with Crippen LogP contribution in [0.4, 0.5) is 10.1 Å². The zero-order valence-electron chi connectivity index (χ0n) is 11.9. The highest BCUT2D eigenvalue weighted by Gasteiger charge is 2.05. The summed E-state index contributed by atoms with van der Waals surface area (Å²) < 4.78 is 23.5. The minimum absolute atomic E-state index is 0.211. The van der Waals surface area contributed by atoms with E-state index in [1.807, 2.05) is 25.1 Å². The molecule has 0 bridgehead atoms. The van der Waals surface area contributed by atoms with Crippen LogP contribution < -0.4 is 14.8 Å². The van der Waals surface area contributed by atoms with E-state index < -0.39 is 0 Å². The van der Waals surface area contributed by atoms with Gasteiger partial charge in [0.1, 0.15) is 5.82 Å². The molecule has 0 atom stereocenters. The van der Waals surface area contributed by atoms with Crippen molar-refractivity contribution in [1.82, 2.24) is 0 Å². The number of benzene rings is 2. The van der Waals surface area contributed by atoms with Crippen molar-refractivity contribution in [2.75, 3.05) is 19.5 Å². The number of anilines is 1. The second-order valence-electron chi connectivity index (χ2n) is 4.49. The molecule has 0 unspecified atom stereocenters. The van der Waals surface area contributed by atoms with Gasteiger partial charge in [0, 0.05) is 18.3 Å². The molecular formula is C16H18FNO2. The minimum Gasteiger partial charge on any atom is -0.493 e. The monoisotopic (exact) mass is 275 g/mol. The van der Waals surface area contributed by atoms with Crippen molar-refractivity contribution in [3.8, 4) is 11.5 Å². The van der Waals surface area contributed by atoms with Crippen molar-refractivity contribution >= 4 is 5.69 Å². The summed E-state index contributed by atoms with van der Waals surface area (Å²) in [5.74, 6) is 1.15. The van der Waals surface area contributed by atoms with Gasteiger partial charge in [-0.3, -0.25) is 0 Å². The molecule has 0 saturated carbocycles. The largest absolute Gasteiger partial charge is 0.493 e. The van der Waals surface area contributed by atoms with E-state index in [2.05, 4.69) is 5.32 Å². The average Bonchev–Trinajstić information content (AvgIpc) is 2.46. The lowest BCUT2D eigenvalue weighted by molar-refractivity contribution is 0.355. The van der Waals surface area contributed by atoms with Crippen LogP contribution in [-0.4, -0.2) is 14.2 Å². The molecule has 0 aliphatic heterocycles. The van der Waals surface area contributed by atoms with Crippen LogP contribution in [-0.2, 0) is 6.54 Å². The maximum Gasteiger partial charge on any atom is 0.162 e. The zero-order chi connectivity index (χ0) is 14.5. The molecule has 20 heavy (non-hydrogen) atoms. The molecule has 0 amide bonds. The first kappa shape index (κ1) is 14.2. The molecule has 0 aromatic heterocycles. The van der Waals surface area contributed by atoms with Gasteiger partial charge in [-0.2, -0.15) is 0 Å². The van der Waals surface area contributed by atoms with Gasteiger partial charge in [0.05, 0.1) is 14.2 Å². The molecule has 0 radical (unpaired) electrons. The van der Waals surface area contributed by atoms with Gasteiger partial charge in [0.15, 0.2) is 11.5 Å². The Hall–Kier alpha value is -2.23. The molecule has 1 N–H and O–H groups in total. The van der Waals surface area contributed by atoms with E-state index in [1.54, 1.807) is 20.3 Å². The van der Waals surface area contributed by atoms with Gasteiger partial charge in [0.2, 0.25) is 0 Å². The Morgan fingerprint density at radius 1 is 1.00 bits per heavy atom. The van der Waals surface area contributed by atoms with Crippen LogP contribution in [0.3, 0.4) is 0 Å². The normalized spacial score (nSPS) is 10.2. The number of nitrogens with one attached hydrogen (secondary N) is 1. The maximum absolute atomic E-state index is 13.0. The van der Waals surface area contributed by atoms with Crippen molar-refractivity contribution in [3.05, 3.63) is 53.3 Å². The molecule has 2 rings (SSSR count). The van der Waals surface area contributed by atoms with Crippen molar-refractivity contribution < 1.29 is 13.9 Å². The van der Waals surface area contributed by atoms with E-state index in [0.717, 1.165) is 16.8 Å². The van der Waals surface area contributed by atoms with Crippen LogP contribution in [0.1, 0.15) is 11.1 Å². The van der Waals surface area contributed by atoms with E-state index in [0.29, 0.717) is 18.0 Å². The number of halogens is 1. The van der Waals surface area contributed by atoms with Gasteiger partial charge in [-0.25, -0.2) is 4.39 Å². The third-order valence-corrected chi connectivity index (χ3v) is 3.17. The van der Waals surface area contributed by atoms with Gasteiger partial charge < -0.3 is 14.8 Å². The lowest BCUT2D eigenvalue weighted by atomic mass is 10.1. The highest BCUT2D eigenvalue weighted by atomic mass is 19.1. The summed E-state index contributed by atoms with van der Waals surface area (Å²) in [6.07, 6.45) is 0. The smallest absolute Gasteiger partial charge is 0.162 e. The van der Waals surface area contributed by atoms with Gasteiger partial charge in [-0.15, -0.1) is 0 Å². The molecule has 2 aromatic rings. The minimum atomic E-state index is -0.211. The SMILES string of the molecule is COc1ccc(NCc2ccc(F)cc2C)cc1OC. The predicted octanol–water partition coefficient (Wildman–Crippen LogP) is 3.76. The zero-order valence-corrected chi connectivity index (χ0v) is 11.9. The first-order valence-corrected chi connectivity index (χ1v) is 6.35. The topological polar surface area (TPSA) is 30.5 Å². The molecule has 106 valence electrons. The number of ether oxygens (including phenoxy) is 2. The van der Waals surface area contributed by atoms with E-state index in [4.69, 9.17) is 9.47 Å². The molecule has 0 aliphatic rings. The van der Waals surface area contributed by atoms with Crippen molar-refractivity contribution in [2.24, 2.45) is 0 Å². The highest BCUT2D eigenvalue weighted by Crippen LogP contribution is 2.30. The average molecular weight is 275 g/mol. The molecule has 0 saturated heterocycles. The van der Waals surface area contributed by atoms with E-state index in [1.165, 1.54) is 12.1 Å². The molecular weight excluding hydrogens is 257 g/mol. The van der Waals surface area contributed by atoms with E-state index >= 15 is 0 Å². The first-order valence-electron chi connectivity index (χ1n) is 6.35. The van der Waals surface area contributed by atoms with E-state index in [9.17, 15) is 4.39 Å². The van der Waals surface area contributed by atoms with Crippen molar-refractivity contribution in [1.29, 1.82) is 0 Å². The van der Waals surface area contributed by atoms with Crippen LogP contribution in [0.5, 0.6) is 11.5 Å². The van der Waals surface area contributed by atoms with Crippen LogP contribution in [0, 0.1) is 12.7 Å². The first-order chi connectivity index (χ1) is 9.63. The number of hydrogen-bond donors (Lipinski definition) is 1.